The molecule has 0 amide bonds. The van der Waals surface area contributed by atoms with Crippen molar-refractivity contribution in [2.75, 3.05) is 6.61 Å². The molecule has 0 aliphatic heterocycles. The molecular weight excluding hydrogens is 199 g/mol. The lowest BCUT2D eigenvalue weighted by Crippen LogP contribution is -2.29. The van der Waals surface area contributed by atoms with E-state index in [1.165, 1.54) is 12.1 Å². The van der Waals surface area contributed by atoms with E-state index in [9.17, 15) is 18.4 Å². The summed E-state index contributed by atoms with van der Waals surface area (Å²) in [7, 11) is 0. The first kappa shape index (κ1) is 10.6. The predicted molar refractivity (Wildman–Crippen MR) is 41.7 cm³/mol. The lowest BCUT2D eigenvalue weighted by Gasteiger charge is -2.08. The molecule has 0 radical (unpaired) electrons. The zero-order valence-corrected chi connectivity index (χ0v) is 7.34. The molecule has 1 rings (SSSR count). The molecule has 1 heterocycles. The number of hydrogen-bond acceptors (Lipinski definition) is 2. The van der Waals surface area contributed by atoms with Crippen LogP contribution >= 0.6 is 0 Å². The van der Waals surface area contributed by atoms with Gasteiger partial charge in [-0.2, -0.15) is 17.9 Å². The Balaban J connectivity index is 2.65. The summed E-state index contributed by atoms with van der Waals surface area (Å²) in [5, 5.41) is 10.9. The molecule has 0 saturated carbocycles. The topological polar surface area (TPSA) is 36.2 Å². The molecule has 0 unspecified atom stereocenters. The van der Waals surface area contributed by atoms with E-state index in [0.29, 0.717) is 10.4 Å². The summed E-state index contributed by atoms with van der Waals surface area (Å²) in [6.07, 6.45) is -3.43. The summed E-state index contributed by atoms with van der Waals surface area (Å²) in [5.41, 5.74) is 0.393. The molecule has 14 heavy (non-hydrogen) atoms. The van der Waals surface area contributed by atoms with Gasteiger partial charge in [-0.25, -0.2) is 0 Å². The van der Waals surface area contributed by atoms with E-state index in [1.807, 2.05) is 0 Å². The van der Waals surface area contributed by atoms with E-state index in [0.717, 1.165) is 6.20 Å². The van der Waals surface area contributed by atoms with Gasteiger partial charge in [0.25, 0.3) is 0 Å². The Morgan fingerprint density at radius 1 is 1.43 bits per heavy atom. The number of nitrogens with zero attached hydrogens (tertiary/aromatic N) is 1. The Morgan fingerprint density at radius 3 is 2.57 bits per heavy atom. The number of halogens is 3. The van der Waals surface area contributed by atoms with Gasteiger partial charge in [-0.15, -0.1) is 0 Å². The van der Waals surface area contributed by atoms with Crippen LogP contribution in [-0.4, -0.2) is 12.8 Å². The van der Waals surface area contributed by atoms with Gasteiger partial charge in [-0.05, 0) is 6.07 Å². The SMILES string of the molecule is Cc1ccc(OCC(F)(F)F)c[n+]1[O-]. The zero-order valence-electron chi connectivity index (χ0n) is 7.34. The molecule has 0 atom stereocenters. The van der Waals surface area contributed by atoms with E-state index in [1.54, 1.807) is 6.92 Å². The van der Waals surface area contributed by atoms with Crippen LogP contribution in [0, 0.1) is 12.1 Å². The molecule has 0 N–H and O–H groups in total. The van der Waals surface area contributed by atoms with Crippen molar-refractivity contribution in [1.82, 2.24) is 0 Å². The molecule has 6 heteroatoms. The predicted octanol–water partition coefficient (Wildman–Crippen LogP) is 1.57. The van der Waals surface area contributed by atoms with Gasteiger partial charge < -0.3 is 9.94 Å². The van der Waals surface area contributed by atoms with Crippen LogP contribution in [0.15, 0.2) is 18.3 Å². The first-order valence-electron chi connectivity index (χ1n) is 3.78. The van der Waals surface area contributed by atoms with Gasteiger partial charge in [0.15, 0.2) is 18.1 Å². The second kappa shape index (κ2) is 3.73. The summed E-state index contributed by atoms with van der Waals surface area (Å²) in [5.74, 6) is -0.0945. The van der Waals surface area contributed by atoms with Crippen LogP contribution in [0.2, 0.25) is 0 Å². The zero-order chi connectivity index (χ0) is 10.8. The molecule has 0 aromatic carbocycles. The fraction of sp³-hybridized carbons (Fsp3) is 0.375. The molecule has 78 valence electrons. The second-order valence-electron chi connectivity index (χ2n) is 2.74. The van der Waals surface area contributed by atoms with Gasteiger partial charge in [0, 0.05) is 13.0 Å². The van der Waals surface area contributed by atoms with Crippen molar-refractivity contribution in [3.8, 4) is 5.75 Å². The van der Waals surface area contributed by atoms with Gasteiger partial charge >= 0.3 is 6.18 Å². The van der Waals surface area contributed by atoms with Crippen LogP contribution in [0.4, 0.5) is 13.2 Å². The maximum atomic E-state index is 11.7. The number of ether oxygens (including phenoxy) is 1. The lowest BCUT2D eigenvalue weighted by atomic mass is 10.4. The van der Waals surface area contributed by atoms with E-state index in [4.69, 9.17) is 0 Å². The van der Waals surface area contributed by atoms with E-state index >= 15 is 0 Å². The summed E-state index contributed by atoms with van der Waals surface area (Å²) in [4.78, 5) is 0. The number of hydrogen-bond donors (Lipinski definition) is 0. The molecule has 0 aliphatic rings. The molecule has 0 bridgehead atoms. The Bertz CT molecular complexity index is 325. The fourth-order valence-electron chi connectivity index (χ4n) is 0.787. The van der Waals surface area contributed by atoms with Gasteiger partial charge in [0.05, 0.1) is 0 Å². The summed E-state index contributed by atoms with van der Waals surface area (Å²) >= 11 is 0. The number of pyridine rings is 1. The van der Waals surface area contributed by atoms with Crippen molar-refractivity contribution >= 4 is 0 Å². The molecule has 3 nitrogen and oxygen atoms in total. The highest BCUT2D eigenvalue weighted by atomic mass is 19.4. The van der Waals surface area contributed by atoms with Gasteiger partial charge in [0.2, 0.25) is 6.20 Å². The third-order valence-corrected chi connectivity index (χ3v) is 1.48. The minimum atomic E-state index is -4.39. The smallest absolute Gasteiger partial charge is 0.422 e. The minimum absolute atomic E-state index is 0.0945. The van der Waals surface area contributed by atoms with Crippen molar-refractivity contribution < 1.29 is 22.6 Å². The number of alkyl halides is 3. The van der Waals surface area contributed by atoms with E-state index in [-0.39, 0.29) is 5.75 Å². The highest BCUT2D eigenvalue weighted by Crippen LogP contribution is 2.17. The summed E-state index contributed by atoms with van der Waals surface area (Å²) < 4.78 is 39.9. The van der Waals surface area contributed by atoms with Crippen LogP contribution in [-0.2, 0) is 0 Å². The molecule has 0 spiro atoms. The second-order valence-corrected chi connectivity index (χ2v) is 2.74. The maximum Gasteiger partial charge on any atom is 0.422 e. The molecule has 0 aliphatic carbocycles. The van der Waals surface area contributed by atoms with Crippen molar-refractivity contribution in [3.63, 3.8) is 0 Å². The minimum Gasteiger partial charge on any atom is -0.618 e. The van der Waals surface area contributed by atoms with Gasteiger partial charge in [-0.3, -0.25) is 0 Å². The molecule has 1 aromatic heterocycles. The summed E-state index contributed by atoms with van der Waals surface area (Å²) in [6, 6.07) is 2.70. The van der Waals surface area contributed by atoms with Crippen molar-refractivity contribution in [1.29, 1.82) is 0 Å². The number of aryl methyl sites for hydroxylation is 1. The first-order chi connectivity index (χ1) is 6.38. The van der Waals surface area contributed by atoms with Crippen molar-refractivity contribution in [3.05, 3.63) is 29.2 Å². The normalized spacial score (nSPS) is 11.4. The van der Waals surface area contributed by atoms with Crippen molar-refractivity contribution in [2.45, 2.75) is 13.1 Å². The first-order valence-corrected chi connectivity index (χ1v) is 3.78. The third kappa shape index (κ3) is 3.12. The third-order valence-electron chi connectivity index (χ3n) is 1.48. The quantitative estimate of drug-likeness (QED) is 0.545. The van der Waals surface area contributed by atoms with Crippen LogP contribution in [0.1, 0.15) is 5.69 Å². The average Bonchev–Trinajstić information content (AvgIpc) is 2.06. The summed E-state index contributed by atoms with van der Waals surface area (Å²) in [6.45, 7) is 0.149. The largest absolute Gasteiger partial charge is 0.618 e. The molecule has 1 aromatic rings. The fourth-order valence-corrected chi connectivity index (χ4v) is 0.787. The van der Waals surface area contributed by atoms with E-state index < -0.39 is 12.8 Å². The monoisotopic (exact) mass is 207 g/mol. The van der Waals surface area contributed by atoms with Gasteiger partial charge in [0.1, 0.15) is 0 Å². The maximum absolute atomic E-state index is 11.7. The van der Waals surface area contributed by atoms with Crippen LogP contribution in [0.25, 0.3) is 0 Å². The molecule has 0 saturated heterocycles. The number of aromatic nitrogens is 1. The lowest BCUT2D eigenvalue weighted by molar-refractivity contribution is -0.612. The van der Waals surface area contributed by atoms with E-state index in [2.05, 4.69) is 4.74 Å². The Hall–Kier alpha value is -1.46. The van der Waals surface area contributed by atoms with Crippen molar-refractivity contribution in [2.24, 2.45) is 0 Å². The Labute approximate surface area is 78.3 Å². The number of rotatable bonds is 2. The van der Waals surface area contributed by atoms with Crippen LogP contribution < -0.4 is 9.47 Å². The average molecular weight is 207 g/mol. The Kier molecular flexibility index (Phi) is 2.83. The highest BCUT2D eigenvalue weighted by Gasteiger charge is 2.28. The van der Waals surface area contributed by atoms with Crippen LogP contribution in [0.3, 0.4) is 0 Å². The van der Waals surface area contributed by atoms with Gasteiger partial charge in [-0.1, -0.05) is 0 Å². The molecule has 0 fully saturated rings. The highest BCUT2D eigenvalue weighted by molar-refractivity contribution is 5.15. The molecular formula is C8H8F3NO2. The van der Waals surface area contributed by atoms with Crippen LogP contribution in [0.5, 0.6) is 5.75 Å². The Morgan fingerprint density at radius 2 is 2.07 bits per heavy atom. The standard InChI is InChI=1S/C8H8F3NO2/c1-6-2-3-7(4-12(6)13)14-5-8(9,10)11/h2-4H,5H2,1H3.